The van der Waals surface area contributed by atoms with Crippen LogP contribution in [0.25, 0.3) is 0 Å². The maximum atomic E-state index is 11.9. The van der Waals surface area contributed by atoms with E-state index < -0.39 is 0 Å². The summed E-state index contributed by atoms with van der Waals surface area (Å²) in [5, 5.41) is 2.87. The molecule has 0 radical (unpaired) electrons. The van der Waals surface area contributed by atoms with Gasteiger partial charge in [0.2, 0.25) is 0 Å². The molecule has 0 fully saturated rings. The highest BCUT2D eigenvalue weighted by Gasteiger charge is 2.06. The van der Waals surface area contributed by atoms with Gasteiger partial charge in [0.05, 0.1) is 6.10 Å². The first kappa shape index (κ1) is 14.3. The fourth-order valence-electron chi connectivity index (χ4n) is 1.52. The van der Waals surface area contributed by atoms with Crippen LogP contribution in [0.4, 0.5) is 0 Å². The molecule has 0 atom stereocenters. The molecular formula is C15H21NO2. The van der Waals surface area contributed by atoms with Gasteiger partial charge >= 0.3 is 0 Å². The van der Waals surface area contributed by atoms with Crippen molar-refractivity contribution in [1.29, 1.82) is 0 Å². The molecule has 1 aromatic carbocycles. The molecule has 0 spiro atoms. The number of benzene rings is 1. The number of rotatable bonds is 6. The maximum absolute atomic E-state index is 11.9. The van der Waals surface area contributed by atoms with Crippen molar-refractivity contribution in [2.45, 2.75) is 33.3 Å². The summed E-state index contributed by atoms with van der Waals surface area (Å²) >= 11 is 0. The van der Waals surface area contributed by atoms with E-state index in [-0.39, 0.29) is 12.0 Å². The van der Waals surface area contributed by atoms with Crippen molar-refractivity contribution in [2.24, 2.45) is 0 Å². The van der Waals surface area contributed by atoms with Crippen LogP contribution in [0.3, 0.4) is 0 Å². The van der Waals surface area contributed by atoms with Crippen LogP contribution in [-0.4, -0.2) is 18.6 Å². The Kier molecular flexibility index (Phi) is 5.98. The zero-order chi connectivity index (χ0) is 13.4. The van der Waals surface area contributed by atoms with Crippen molar-refractivity contribution in [1.82, 2.24) is 5.32 Å². The Morgan fingerprint density at radius 2 is 2.22 bits per heavy atom. The van der Waals surface area contributed by atoms with Crippen LogP contribution in [0, 0.1) is 0 Å². The van der Waals surface area contributed by atoms with Gasteiger partial charge in [0, 0.05) is 12.1 Å². The number of carbonyl (C=O) groups is 1. The Labute approximate surface area is 109 Å². The molecule has 0 bridgehead atoms. The molecule has 1 N–H and O–H groups in total. The Hall–Kier alpha value is -1.77. The Bertz CT molecular complexity index is 411. The summed E-state index contributed by atoms with van der Waals surface area (Å²) in [4.78, 5) is 11.9. The Morgan fingerprint density at radius 3 is 2.89 bits per heavy atom. The molecule has 18 heavy (non-hydrogen) atoms. The Morgan fingerprint density at radius 1 is 1.44 bits per heavy atom. The first-order chi connectivity index (χ1) is 8.63. The van der Waals surface area contributed by atoms with Crippen LogP contribution in [-0.2, 0) is 0 Å². The average molecular weight is 247 g/mol. The molecule has 0 aromatic heterocycles. The zero-order valence-corrected chi connectivity index (χ0v) is 11.3. The first-order valence-electron chi connectivity index (χ1n) is 6.29. The standard InChI is InChI=1S/C15H21NO2/c1-4-5-6-10-16-15(17)13-8-7-9-14(11-13)18-12(2)3/h4-5,7-9,11-12H,6,10H2,1-3H3,(H,16,17)/b5-4+. The van der Waals surface area contributed by atoms with E-state index in [2.05, 4.69) is 5.32 Å². The lowest BCUT2D eigenvalue weighted by molar-refractivity contribution is 0.0953. The second-order valence-electron chi connectivity index (χ2n) is 4.31. The van der Waals surface area contributed by atoms with Gasteiger partial charge in [0.1, 0.15) is 5.75 Å². The zero-order valence-electron chi connectivity index (χ0n) is 11.3. The topological polar surface area (TPSA) is 38.3 Å². The summed E-state index contributed by atoms with van der Waals surface area (Å²) in [6.45, 7) is 6.54. The third-order valence-electron chi connectivity index (χ3n) is 2.30. The molecular weight excluding hydrogens is 226 g/mol. The third-order valence-corrected chi connectivity index (χ3v) is 2.30. The van der Waals surface area contributed by atoms with E-state index in [9.17, 15) is 4.79 Å². The summed E-state index contributed by atoms with van der Waals surface area (Å²) in [5.41, 5.74) is 0.633. The minimum Gasteiger partial charge on any atom is -0.491 e. The van der Waals surface area contributed by atoms with Crippen LogP contribution in [0.15, 0.2) is 36.4 Å². The fourth-order valence-corrected chi connectivity index (χ4v) is 1.52. The number of nitrogens with one attached hydrogen (secondary N) is 1. The number of ether oxygens (including phenoxy) is 1. The van der Waals surface area contributed by atoms with Crippen LogP contribution in [0.5, 0.6) is 5.75 Å². The molecule has 0 heterocycles. The van der Waals surface area contributed by atoms with E-state index >= 15 is 0 Å². The molecule has 0 saturated carbocycles. The number of amides is 1. The summed E-state index contributed by atoms with van der Waals surface area (Å²) in [5.74, 6) is 0.666. The molecule has 0 aliphatic heterocycles. The minimum atomic E-state index is -0.0614. The van der Waals surface area contributed by atoms with E-state index in [1.54, 1.807) is 12.1 Å². The van der Waals surface area contributed by atoms with E-state index in [0.29, 0.717) is 12.1 Å². The summed E-state index contributed by atoms with van der Waals surface area (Å²) < 4.78 is 5.56. The predicted octanol–water partition coefficient (Wildman–Crippen LogP) is 3.17. The van der Waals surface area contributed by atoms with Gasteiger partial charge in [-0.2, -0.15) is 0 Å². The lowest BCUT2D eigenvalue weighted by Crippen LogP contribution is -2.24. The van der Waals surface area contributed by atoms with Gasteiger partial charge in [-0.1, -0.05) is 18.2 Å². The van der Waals surface area contributed by atoms with E-state index in [1.807, 2.05) is 45.1 Å². The summed E-state index contributed by atoms with van der Waals surface area (Å²) in [6.07, 6.45) is 4.96. The van der Waals surface area contributed by atoms with Gasteiger partial charge in [0.15, 0.2) is 0 Å². The van der Waals surface area contributed by atoms with E-state index in [0.717, 1.165) is 12.2 Å². The fraction of sp³-hybridized carbons (Fsp3) is 0.400. The summed E-state index contributed by atoms with van der Waals surface area (Å²) in [6, 6.07) is 7.25. The first-order valence-corrected chi connectivity index (χ1v) is 6.29. The van der Waals surface area contributed by atoms with Crippen LogP contribution >= 0.6 is 0 Å². The molecule has 0 unspecified atom stereocenters. The minimum absolute atomic E-state index is 0.0614. The van der Waals surface area contributed by atoms with Crippen molar-refractivity contribution in [3.8, 4) is 5.75 Å². The highest BCUT2D eigenvalue weighted by Crippen LogP contribution is 2.14. The SMILES string of the molecule is C/C=C/CCNC(=O)c1cccc(OC(C)C)c1. The van der Waals surface area contributed by atoms with E-state index in [4.69, 9.17) is 4.74 Å². The number of carbonyl (C=O) groups excluding carboxylic acids is 1. The van der Waals surface area contributed by atoms with Gasteiger partial charge in [-0.3, -0.25) is 4.79 Å². The average Bonchev–Trinajstić information content (AvgIpc) is 2.34. The predicted molar refractivity (Wildman–Crippen MR) is 74.0 cm³/mol. The lowest BCUT2D eigenvalue weighted by Gasteiger charge is -2.10. The van der Waals surface area contributed by atoms with Crippen molar-refractivity contribution in [2.75, 3.05) is 6.54 Å². The highest BCUT2D eigenvalue weighted by atomic mass is 16.5. The number of hydrogen-bond acceptors (Lipinski definition) is 2. The number of hydrogen-bond donors (Lipinski definition) is 1. The maximum Gasteiger partial charge on any atom is 0.251 e. The highest BCUT2D eigenvalue weighted by molar-refractivity contribution is 5.94. The molecule has 0 aliphatic rings. The largest absolute Gasteiger partial charge is 0.491 e. The van der Waals surface area contributed by atoms with E-state index in [1.165, 1.54) is 0 Å². The molecule has 0 saturated heterocycles. The smallest absolute Gasteiger partial charge is 0.251 e. The number of allylic oxidation sites excluding steroid dienone is 1. The van der Waals surface area contributed by atoms with Crippen LogP contribution < -0.4 is 10.1 Å². The van der Waals surface area contributed by atoms with Crippen molar-refractivity contribution in [3.05, 3.63) is 42.0 Å². The monoisotopic (exact) mass is 247 g/mol. The van der Waals surface area contributed by atoms with Gasteiger partial charge in [-0.15, -0.1) is 0 Å². The van der Waals surface area contributed by atoms with Gasteiger partial charge in [0.25, 0.3) is 5.91 Å². The lowest BCUT2D eigenvalue weighted by atomic mass is 10.2. The quantitative estimate of drug-likeness (QED) is 0.619. The van der Waals surface area contributed by atoms with Gasteiger partial charge in [-0.25, -0.2) is 0 Å². The summed E-state index contributed by atoms with van der Waals surface area (Å²) in [7, 11) is 0. The molecule has 3 nitrogen and oxygen atoms in total. The molecule has 3 heteroatoms. The normalized spacial score (nSPS) is 10.9. The van der Waals surface area contributed by atoms with Gasteiger partial charge < -0.3 is 10.1 Å². The molecule has 1 rings (SSSR count). The van der Waals surface area contributed by atoms with Crippen molar-refractivity contribution >= 4 is 5.91 Å². The second kappa shape index (κ2) is 7.54. The van der Waals surface area contributed by atoms with Gasteiger partial charge in [-0.05, 0) is 45.4 Å². The van der Waals surface area contributed by atoms with Crippen molar-refractivity contribution < 1.29 is 9.53 Å². The van der Waals surface area contributed by atoms with Crippen LogP contribution in [0.2, 0.25) is 0 Å². The molecule has 0 aliphatic carbocycles. The molecule has 1 amide bonds. The molecule has 98 valence electrons. The van der Waals surface area contributed by atoms with Crippen molar-refractivity contribution in [3.63, 3.8) is 0 Å². The molecule has 1 aromatic rings. The third kappa shape index (κ3) is 5.04. The second-order valence-corrected chi connectivity index (χ2v) is 4.31. The Balaban J connectivity index is 2.56. The van der Waals surface area contributed by atoms with Crippen LogP contribution in [0.1, 0.15) is 37.6 Å².